The SMILES string of the molecule is NCC1=CCCC=N1. The molecule has 0 aromatic rings. The topological polar surface area (TPSA) is 38.4 Å². The number of aliphatic imine (C=N–C) groups is 1. The Morgan fingerprint density at radius 3 is 2.88 bits per heavy atom. The maximum absolute atomic E-state index is 5.32. The summed E-state index contributed by atoms with van der Waals surface area (Å²) in [6.45, 7) is 0.580. The van der Waals surface area contributed by atoms with Gasteiger partial charge < -0.3 is 5.73 Å². The Morgan fingerprint density at radius 1 is 1.62 bits per heavy atom. The zero-order valence-corrected chi connectivity index (χ0v) is 4.80. The van der Waals surface area contributed by atoms with E-state index in [2.05, 4.69) is 11.1 Å². The molecule has 1 rings (SSSR count). The normalized spacial score (nSPS) is 18.4. The van der Waals surface area contributed by atoms with E-state index in [4.69, 9.17) is 5.73 Å². The van der Waals surface area contributed by atoms with Crippen molar-refractivity contribution in [2.24, 2.45) is 10.7 Å². The van der Waals surface area contributed by atoms with Crippen molar-refractivity contribution in [3.8, 4) is 0 Å². The molecule has 2 heteroatoms. The van der Waals surface area contributed by atoms with Crippen LogP contribution in [0.1, 0.15) is 12.8 Å². The second-order valence-electron chi connectivity index (χ2n) is 1.79. The summed E-state index contributed by atoms with van der Waals surface area (Å²) >= 11 is 0. The van der Waals surface area contributed by atoms with Crippen LogP contribution >= 0.6 is 0 Å². The lowest BCUT2D eigenvalue weighted by atomic mass is 10.2. The van der Waals surface area contributed by atoms with Crippen molar-refractivity contribution in [2.45, 2.75) is 12.8 Å². The van der Waals surface area contributed by atoms with E-state index in [1.807, 2.05) is 6.21 Å². The van der Waals surface area contributed by atoms with Crippen LogP contribution < -0.4 is 5.73 Å². The summed E-state index contributed by atoms with van der Waals surface area (Å²) in [7, 11) is 0. The zero-order valence-electron chi connectivity index (χ0n) is 4.80. The van der Waals surface area contributed by atoms with Gasteiger partial charge in [0.25, 0.3) is 0 Å². The van der Waals surface area contributed by atoms with E-state index in [1.54, 1.807) is 0 Å². The van der Waals surface area contributed by atoms with Crippen LogP contribution in [0.25, 0.3) is 0 Å². The maximum Gasteiger partial charge on any atom is 0.0495 e. The molecule has 0 aromatic carbocycles. The molecule has 0 amide bonds. The highest BCUT2D eigenvalue weighted by Crippen LogP contribution is 2.03. The molecule has 1 aliphatic heterocycles. The quantitative estimate of drug-likeness (QED) is 0.530. The molecule has 0 aromatic heterocycles. The van der Waals surface area contributed by atoms with Crippen molar-refractivity contribution in [3.63, 3.8) is 0 Å². The van der Waals surface area contributed by atoms with Gasteiger partial charge in [0.05, 0.1) is 0 Å². The molecule has 0 radical (unpaired) electrons. The molecule has 0 spiro atoms. The summed E-state index contributed by atoms with van der Waals surface area (Å²) in [6.07, 6.45) is 6.18. The van der Waals surface area contributed by atoms with E-state index in [-0.39, 0.29) is 0 Å². The molecule has 0 aliphatic carbocycles. The molecule has 8 heavy (non-hydrogen) atoms. The summed E-state index contributed by atoms with van der Waals surface area (Å²) < 4.78 is 0. The van der Waals surface area contributed by atoms with Gasteiger partial charge in [-0.1, -0.05) is 6.08 Å². The molecular formula is C6H10N2. The summed E-state index contributed by atoms with van der Waals surface area (Å²) in [4.78, 5) is 4.06. The number of allylic oxidation sites excluding steroid dienone is 1. The minimum atomic E-state index is 0.580. The fraction of sp³-hybridized carbons (Fsp3) is 0.500. The first-order valence-corrected chi connectivity index (χ1v) is 2.85. The standard InChI is InChI=1S/C6H10N2/c7-5-6-3-1-2-4-8-6/h3-4H,1-2,5,7H2. The summed E-state index contributed by atoms with van der Waals surface area (Å²) in [5.74, 6) is 0. The van der Waals surface area contributed by atoms with Gasteiger partial charge in [-0.05, 0) is 12.8 Å². The van der Waals surface area contributed by atoms with Gasteiger partial charge in [0.15, 0.2) is 0 Å². The minimum absolute atomic E-state index is 0.580. The molecule has 0 atom stereocenters. The predicted molar refractivity (Wildman–Crippen MR) is 34.9 cm³/mol. The fourth-order valence-corrected chi connectivity index (χ4v) is 0.695. The zero-order chi connectivity index (χ0) is 5.82. The van der Waals surface area contributed by atoms with Crippen LogP contribution in [0.5, 0.6) is 0 Å². The highest BCUT2D eigenvalue weighted by atomic mass is 14.8. The first-order chi connectivity index (χ1) is 3.93. The Labute approximate surface area is 49.1 Å². The monoisotopic (exact) mass is 110 g/mol. The number of rotatable bonds is 1. The highest BCUT2D eigenvalue weighted by molar-refractivity contribution is 5.60. The molecule has 2 N–H and O–H groups in total. The van der Waals surface area contributed by atoms with Crippen molar-refractivity contribution >= 4 is 6.21 Å². The lowest BCUT2D eigenvalue weighted by molar-refractivity contribution is 0.996. The minimum Gasteiger partial charge on any atom is -0.325 e. The second-order valence-corrected chi connectivity index (χ2v) is 1.79. The molecule has 0 bridgehead atoms. The maximum atomic E-state index is 5.32. The van der Waals surface area contributed by atoms with Gasteiger partial charge in [-0.3, -0.25) is 4.99 Å². The van der Waals surface area contributed by atoms with Crippen molar-refractivity contribution < 1.29 is 0 Å². The third-order valence-corrected chi connectivity index (χ3v) is 1.14. The van der Waals surface area contributed by atoms with Gasteiger partial charge in [0, 0.05) is 18.5 Å². The molecule has 2 nitrogen and oxygen atoms in total. The van der Waals surface area contributed by atoms with E-state index < -0.39 is 0 Å². The van der Waals surface area contributed by atoms with E-state index in [0.717, 1.165) is 18.5 Å². The average molecular weight is 110 g/mol. The second kappa shape index (κ2) is 2.62. The largest absolute Gasteiger partial charge is 0.325 e. The number of nitrogens with two attached hydrogens (primary N) is 1. The first kappa shape index (κ1) is 5.51. The smallest absolute Gasteiger partial charge is 0.0495 e. The molecule has 0 saturated carbocycles. The number of hydrogen-bond donors (Lipinski definition) is 1. The number of hydrogen-bond acceptors (Lipinski definition) is 2. The Kier molecular flexibility index (Phi) is 1.80. The fourth-order valence-electron chi connectivity index (χ4n) is 0.695. The van der Waals surface area contributed by atoms with Gasteiger partial charge in [-0.15, -0.1) is 0 Å². The lowest BCUT2D eigenvalue weighted by Gasteiger charge is -2.00. The van der Waals surface area contributed by atoms with Crippen LogP contribution in [0.4, 0.5) is 0 Å². The average Bonchev–Trinajstić information content (AvgIpc) is 1.90. The van der Waals surface area contributed by atoms with Crippen LogP contribution in [-0.2, 0) is 0 Å². The van der Waals surface area contributed by atoms with Crippen molar-refractivity contribution in [3.05, 3.63) is 11.8 Å². The molecule has 44 valence electrons. The van der Waals surface area contributed by atoms with Gasteiger partial charge in [0.1, 0.15) is 0 Å². The summed E-state index contributed by atoms with van der Waals surface area (Å²) in [5, 5.41) is 0. The Balaban J connectivity index is 2.51. The van der Waals surface area contributed by atoms with Crippen LogP contribution in [0, 0.1) is 0 Å². The first-order valence-electron chi connectivity index (χ1n) is 2.85. The summed E-state index contributed by atoms with van der Waals surface area (Å²) in [5.41, 5.74) is 6.35. The predicted octanol–water partition coefficient (Wildman–Crippen LogP) is 0.694. The number of nitrogens with zero attached hydrogens (tertiary/aromatic N) is 1. The molecule has 1 heterocycles. The van der Waals surface area contributed by atoms with Crippen molar-refractivity contribution in [1.29, 1.82) is 0 Å². The van der Waals surface area contributed by atoms with Gasteiger partial charge >= 0.3 is 0 Å². The summed E-state index contributed by atoms with van der Waals surface area (Å²) in [6, 6.07) is 0. The van der Waals surface area contributed by atoms with Crippen LogP contribution in [-0.4, -0.2) is 12.8 Å². The Morgan fingerprint density at radius 2 is 2.50 bits per heavy atom. The van der Waals surface area contributed by atoms with E-state index in [9.17, 15) is 0 Å². The molecular weight excluding hydrogens is 100 g/mol. The highest BCUT2D eigenvalue weighted by Gasteiger charge is 1.92. The Hall–Kier alpha value is -0.630. The third kappa shape index (κ3) is 1.17. The van der Waals surface area contributed by atoms with Crippen molar-refractivity contribution in [1.82, 2.24) is 0 Å². The van der Waals surface area contributed by atoms with Crippen LogP contribution in [0.15, 0.2) is 16.8 Å². The van der Waals surface area contributed by atoms with E-state index in [0.29, 0.717) is 6.54 Å². The van der Waals surface area contributed by atoms with Gasteiger partial charge in [-0.2, -0.15) is 0 Å². The van der Waals surface area contributed by atoms with Gasteiger partial charge in [0.2, 0.25) is 0 Å². The van der Waals surface area contributed by atoms with Crippen LogP contribution in [0.3, 0.4) is 0 Å². The van der Waals surface area contributed by atoms with E-state index in [1.165, 1.54) is 0 Å². The van der Waals surface area contributed by atoms with Gasteiger partial charge in [-0.25, -0.2) is 0 Å². The molecule has 0 unspecified atom stereocenters. The van der Waals surface area contributed by atoms with Crippen molar-refractivity contribution in [2.75, 3.05) is 6.54 Å². The lowest BCUT2D eigenvalue weighted by Crippen LogP contribution is -2.03. The van der Waals surface area contributed by atoms with Crippen LogP contribution in [0.2, 0.25) is 0 Å². The molecule has 1 aliphatic rings. The van der Waals surface area contributed by atoms with E-state index >= 15 is 0 Å². The Bertz CT molecular complexity index is 124. The molecule has 0 saturated heterocycles. The molecule has 0 fully saturated rings. The third-order valence-electron chi connectivity index (χ3n) is 1.14.